The van der Waals surface area contributed by atoms with Crippen LogP contribution in [0.2, 0.25) is 0 Å². The van der Waals surface area contributed by atoms with Crippen LogP contribution in [0.25, 0.3) is 0 Å². The predicted molar refractivity (Wildman–Crippen MR) is 174 cm³/mol. The normalized spacial score (nSPS) is 20.3. The molecule has 3 N–H and O–H groups in total. The van der Waals surface area contributed by atoms with Crippen molar-refractivity contribution in [2.45, 2.75) is 57.3 Å². The van der Waals surface area contributed by atoms with Crippen molar-refractivity contribution in [3.8, 4) is 11.5 Å². The molecule has 8 heteroatoms. The zero-order valence-corrected chi connectivity index (χ0v) is 25.4. The number of nitrogens with one attached hydrogen (secondary N) is 2. The van der Waals surface area contributed by atoms with E-state index >= 15 is 0 Å². The maximum atomic E-state index is 12.6. The number of ether oxygens (including phenoxy) is 3. The van der Waals surface area contributed by atoms with Crippen LogP contribution < -0.4 is 15.4 Å². The number of amides is 2. The highest BCUT2D eigenvalue weighted by atomic mass is 16.7. The van der Waals surface area contributed by atoms with Crippen LogP contribution in [0.3, 0.4) is 0 Å². The van der Waals surface area contributed by atoms with Gasteiger partial charge in [-0.1, -0.05) is 73.2 Å². The zero-order chi connectivity index (χ0) is 30.8. The molecule has 4 aromatic carbocycles. The Morgan fingerprint density at radius 3 is 2.16 bits per heavy atom. The number of carbonyl (C=O) groups is 1. The van der Waals surface area contributed by atoms with Crippen LogP contribution in [-0.2, 0) is 22.6 Å². The number of benzene rings is 4. The molecular formula is C37H41N3O5. The fourth-order valence-electron chi connectivity index (χ4n) is 5.84. The molecule has 234 valence electrons. The van der Waals surface area contributed by atoms with Crippen LogP contribution in [-0.4, -0.2) is 41.8 Å². The van der Waals surface area contributed by atoms with Gasteiger partial charge in [-0.05, 0) is 79.0 Å². The van der Waals surface area contributed by atoms with Crippen molar-refractivity contribution in [1.82, 2.24) is 10.2 Å². The monoisotopic (exact) mass is 607 g/mol. The van der Waals surface area contributed by atoms with E-state index in [1.807, 2.05) is 103 Å². The lowest BCUT2D eigenvalue weighted by Crippen LogP contribution is -2.41. The van der Waals surface area contributed by atoms with E-state index in [9.17, 15) is 9.90 Å². The number of anilines is 1. The molecule has 2 amide bonds. The first kappa shape index (κ1) is 30.8. The highest BCUT2D eigenvalue weighted by Crippen LogP contribution is 2.38. The van der Waals surface area contributed by atoms with E-state index in [1.165, 1.54) is 19.3 Å². The van der Waals surface area contributed by atoms with Gasteiger partial charge < -0.3 is 34.9 Å². The first-order valence-electron chi connectivity index (χ1n) is 15.8. The van der Waals surface area contributed by atoms with E-state index in [-0.39, 0.29) is 24.8 Å². The molecule has 0 spiro atoms. The van der Waals surface area contributed by atoms with E-state index in [4.69, 9.17) is 14.2 Å². The van der Waals surface area contributed by atoms with E-state index in [1.54, 1.807) is 0 Å². The standard InChI is InChI=1S/C37H41N3O5/c41-26-28-11-13-29(14-12-28)35-23-34(25-40-21-5-2-6-22-40)44-36(45-35)30-15-9-27(10-16-30)24-38-37(42)39-31-17-19-33(20-18-31)43-32-7-3-1-4-8-32/h1,3-4,7-20,34-36,41H,2,5-6,21-26H2,(H2,38,39,42)/t34-,35+,36+/m1/s1. The summed E-state index contributed by atoms with van der Waals surface area (Å²) in [5.41, 5.74) is 4.57. The molecule has 0 aliphatic carbocycles. The molecule has 8 nitrogen and oxygen atoms in total. The van der Waals surface area contributed by atoms with Gasteiger partial charge in [0.15, 0.2) is 6.29 Å². The molecular weight excluding hydrogens is 566 g/mol. The second-order valence-electron chi connectivity index (χ2n) is 11.7. The number of piperidine rings is 1. The van der Waals surface area contributed by atoms with Gasteiger partial charge in [0.05, 0.1) is 18.8 Å². The van der Waals surface area contributed by atoms with Crippen molar-refractivity contribution in [1.29, 1.82) is 0 Å². The maximum Gasteiger partial charge on any atom is 0.319 e. The Labute approximate surface area is 264 Å². The third kappa shape index (κ3) is 8.71. The molecule has 6 rings (SSSR count). The fraction of sp³-hybridized carbons (Fsp3) is 0.324. The predicted octanol–water partition coefficient (Wildman–Crippen LogP) is 7.32. The number of carbonyl (C=O) groups excluding carboxylic acids is 1. The van der Waals surface area contributed by atoms with Crippen molar-refractivity contribution < 1.29 is 24.1 Å². The van der Waals surface area contributed by atoms with Gasteiger partial charge in [-0.15, -0.1) is 0 Å². The number of aliphatic hydroxyl groups excluding tert-OH is 1. The lowest BCUT2D eigenvalue weighted by atomic mass is 9.99. The third-order valence-corrected chi connectivity index (χ3v) is 8.32. The highest BCUT2D eigenvalue weighted by Gasteiger charge is 2.33. The minimum absolute atomic E-state index is 0.0235. The second-order valence-corrected chi connectivity index (χ2v) is 11.7. The van der Waals surface area contributed by atoms with Crippen molar-refractivity contribution in [3.63, 3.8) is 0 Å². The summed E-state index contributed by atoms with van der Waals surface area (Å²) in [4.78, 5) is 15.1. The number of urea groups is 1. The maximum absolute atomic E-state index is 12.6. The van der Waals surface area contributed by atoms with Crippen molar-refractivity contribution in [3.05, 3.63) is 125 Å². The van der Waals surface area contributed by atoms with Gasteiger partial charge in [-0.3, -0.25) is 0 Å². The van der Waals surface area contributed by atoms with E-state index in [0.29, 0.717) is 18.0 Å². The summed E-state index contributed by atoms with van der Waals surface area (Å²) in [5, 5.41) is 15.3. The molecule has 3 atom stereocenters. The molecule has 0 aromatic heterocycles. The number of likely N-dealkylation sites (tertiary alicyclic amines) is 1. The van der Waals surface area contributed by atoms with E-state index in [2.05, 4.69) is 15.5 Å². The number of rotatable bonds is 10. The van der Waals surface area contributed by atoms with Gasteiger partial charge in [0, 0.05) is 30.8 Å². The second kappa shape index (κ2) is 15.2. The zero-order valence-electron chi connectivity index (χ0n) is 25.4. The van der Waals surface area contributed by atoms with Gasteiger partial charge >= 0.3 is 6.03 Å². The number of hydrogen-bond donors (Lipinski definition) is 3. The van der Waals surface area contributed by atoms with Crippen LogP contribution in [0.1, 0.15) is 60.3 Å². The molecule has 2 saturated heterocycles. The summed E-state index contributed by atoms with van der Waals surface area (Å²) in [6, 6.07) is 32.6. The molecule has 4 aromatic rings. The Bertz CT molecular complexity index is 1490. The quantitative estimate of drug-likeness (QED) is 0.175. The van der Waals surface area contributed by atoms with E-state index in [0.717, 1.165) is 54.1 Å². The van der Waals surface area contributed by atoms with Crippen LogP contribution in [0.5, 0.6) is 11.5 Å². The van der Waals surface area contributed by atoms with Crippen molar-refractivity contribution in [2.24, 2.45) is 0 Å². The summed E-state index contributed by atoms with van der Waals surface area (Å²) in [6.45, 7) is 3.53. The molecule has 2 aliphatic heterocycles. The number of para-hydroxylation sites is 1. The SMILES string of the molecule is O=C(NCc1ccc([C@H]2O[C@@H](CN3CCCCC3)C[C@@H](c3ccc(CO)cc3)O2)cc1)Nc1ccc(Oc2ccccc2)cc1. The average Bonchev–Trinajstić information content (AvgIpc) is 3.09. The summed E-state index contributed by atoms with van der Waals surface area (Å²) < 4.78 is 18.8. The summed E-state index contributed by atoms with van der Waals surface area (Å²) in [7, 11) is 0. The summed E-state index contributed by atoms with van der Waals surface area (Å²) in [5.74, 6) is 1.45. The van der Waals surface area contributed by atoms with E-state index < -0.39 is 6.29 Å². The Hall–Kier alpha value is -4.21. The van der Waals surface area contributed by atoms with Crippen LogP contribution in [0.15, 0.2) is 103 Å². The van der Waals surface area contributed by atoms with Crippen molar-refractivity contribution in [2.75, 3.05) is 25.0 Å². The molecule has 2 aliphatic rings. The topological polar surface area (TPSA) is 92.3 Å². The average molecular weight is 608 g/mol. The first-order valence-corrected chi connectivity index (χ1v) is 15.8. The Kier molecular flexibility index (Phi) is 10.4. The largest absolute Gasteiger partial charge is 0.457 e. The highest BCUT2D eigenvalue weighted by molar-refractivity contribution is 5.89. The van der Waals surface area contributed by atoms with Crippen LogP contribution in [0.4, 0.5) is 10.5 Å². The first-order chi connectivity index (χ1) is 22.1. The molecule has 0 unspecified atom stereocenters. The van der Waals surface area contributed by atoms with Gasteiger partial charge in [-0.25, -0.2) is 4.79 Å². The number of aliphatic hydroxyl groups is 1. The van der Waals surface area contributed by atoms with Crippen LogP contribution in [0, 0.1) is 0 Å². The lowest BCUT2D eigenvalue weighted by Gasteiger charge is -2.39. The minimum Gasteiger partial charge on any atom is -0.457 e. The van der Waals surface area contributed by atoms with Crippen LogP contribution >= 0.6 is 0 Å². The molecule has 45 heavy (non-hydrogen) atoms. The summed E-state index contributed by atoms with van der Waals surface area (Å²) in [6.07, 6.45) is 4.02. The van der Waals surface area contributed by atoms with Gasteiger partial charge in [0.25, 0.3) is 0 Å². The lowest BCUT2D eigenvalue weighted by molar-refractivity contribution is -0.253. The Balaban J connectivity index is 1.04. The van der Waals surface area contributed by atoms with Gasteiger partial charge in [-0.2, -0.15) is 0 Å². The molecule has 0 saturated carbocycles. The molecule has 0 bridgehead atoms. The van der Waals surface area contributed by atoms with Gasteiger partial charge in [0.1, 0.15) is 11.5 Å². The Morgan fingerprint density at radius 2 is 1.44 bits per heavy atom. The number of hydrogen-bond acceptors (Lipinski definition) is 6. The third-order valence-electron chi connectivity index (χ3n) is 8.32. The fourth-order valence-corrected chi connectivity index (χ4v) is 5.84. The van der Waals surface area contributed by atoms with Crippen molar-refractivity contribution >= 4 is 11.7 Å². The minimum atomic E-state index is -0.491. The number of nitrogens with zero attached hydrogens (tertiary/aromatic N) is 1. The molecule has 0 radical (unpaired) electrons. The smallest absolute Gasteiger partial charge is 0.319 e. The molecule has 2 fully saturated rings. The summed E-state index contributed by atoms with van der Waals surface area (Å²) >= 11 is 0. The Morgan fingerprint density at radius 1 is 0.778 bits per heavy atom. The molecule has 2 heterocycles. The van der Waals surface area contributed by atoms with Gasteiger partial charge in [0.2, 0.25) is 0 Å².